The highest BCUT2D eigenvalue weighted by atomic mass is 16.2. The molecule has 1 unspecified atom stereocenters. The third kappa shape index (κ3) is 3.50. The number of nitrogens with one attached hydrogen (secondary N) is 2. The summed E-state index contributed by atoms with van der Waals surface area (Å²) in [6.07, 6.45) is 8.56. The molecule has 130 valence electrons. The Morgan fingerprint density at radius 3 is 2.88 bits per heavy atom. The van der Waals surface area contributed by atoms with Crippen LogP contribution in [0.1, 0.15) is 48.0 Å². The van der Waals surface area contributed by atoms with Crippen LogP contribution in [0.2, 0.25) is 0 Å². The zero-order valence-corrected chi connectivity index (χ0v) is 14.0. The Morgan fingerprint density at radius 1 is 1.28 bits per heavy atom. The van der Waals surface area contributed by atoms with E-state index in [2.05, 4.69) is 16.6 Å². The molecule has 1 aromatic carbocycles. The van der Waals surface area contributed by atoms with Crippen molar-refractivity contribution in [1.29, 1.82) is 0 Å². The van der Waals surface area contributed by atoms with Crippen LogP contribution in [0.5, 0.6) is 0 Å². The molecule has 0 aromatic heterocycles. The van der Waals surface area contributed by atoms with Gasteiger partial charge in [0.25, 0.3) is 5.91 Å². The number of amides is 3. The number of rotatable bonds is 6. The highest BCUT2D eigenvalue weighted by Gasteiger charge is 2.39. The summed E-state index contributed by atoms with van der Waals surface area (Å²) < 4.78 is 0. The zero-order valence-electron chi connectivity index (χ0n) is 14.0. The van der Waals surface area contributed by atoms with Gasteiger partial charge in [-0.05, 0) is 31.4 Å². The Morgan fingerprint density at radius 2 is 2.12 bits per heavy atom. The van der Waals surface area contributed by atoms with Crippen molar-refractivity contribution in [2.45, 2.75) is 44.7 Å². The van der Waals surface area contributed by atoms with Crippen LogP contribution in [0, 0.1) is 12.3 Å². The van der Waals surface area contributed by atoms with Crippen molar-refractivity contribution in [3.05, 3.63) is 29.3 Å². The zero-order chi connectivity index (χ0) is 17.8. The van der Waals surface area contributed by atoms with Gasteiger partial charge < -0.3 is 10.2 Å². The lowest BCUT2D eigenvalue weighted by atomic mass is 10.0. The van der Waals surface area contributed by atoms with E-state index in [1.807, 2.05) is 12.1 Å². The van der Waals surface area contributed by atoms with Crippen molar-refractivity contribution in [2.24, 2.45) is 0 Å². The fourth-order valence-electron chi connectivity index (χ4n) is 3.33. The van der Waals surface area contributed by atoms with Crippen molar-refractivity contribution >= 4 is 23.4 Å². The lowest BCUT2D eigenvalue weighted by molar-refractivity contribution is -0.136. The number of hydrogen-bond donors (Lipinski definition) is 2. The second-order valence-corrected chi connectivity index (χ2v) is 6.32. The quantitative estimate of drug-likeness (QED) is 0.469. The van der Waals surface area contributed by atoms with Gasteiger partial charge in [-0.3, -0.25) is 19.7 Å². The summed E-state index contributed by atoms with van der Waals surface area (Å²) in [5, 5.41) is 5.68. The van der Waals surface area contributed by atoms with E-state index < -0.39 is 6.04 Å². The Hall–Kier alpha value is -2.81. The molecule has 25 heavy (non-hydrogen) atoms. The van der Waals surface area contributed by atoms with Gasteiger partial charge in [0.15, 0.2) is 0 Å². The molecule has 2 N–H and O–H groups in total. The average molecular weight is 339 g/mol. The van der Waals surface area contributed by atoms with Crippen LogP contribution < -0.4 is 10.6 Å². The molecule has 2 aliphatic heterocycles. The minimum atomic E-state index is -0.582. The summed E-state index contributed by atoms with van der Waals surface area (Å²) in [5.41, 5.74) is 2.45. The van der Waals surface area contributed by atoms with E-state index in [1.54, 1.807) is 11.0 Å². The van der Waals surface area contributed by atoms with Crippen LogP contribution >= 0.6 is 0 Å². The predicted molar refractivity (Wildman–Crippen MR) is 93.7 cm³/mol. The highest BCUT2D eigenvalue weighted by Crippen LogP contribution is 2.32. The van der Waals surface area contributed by atoms with Crippen molar-refractivity contribution in [3.63, 3.8) is 0 Å². The van der Waals surface area contributed by atoms with Crippen LogP contribution in [0.15, 0.2) is 18.2 Å². The van der Waals surface area contributed by atoms with Crippen molar-refractivity contribution in [2.75, 3.05) is 11.9 Å². The Labute approximate surface area is 147 Å². The van der Waals surface area contributed by atoms with Crippen molar-refractivity contribution in [1.82, 2.24) is 10.2 Å². The molecule has 1 atom stereocenters. The Bertz CT molecular complexity index is 751. The van der Waals surface area contributed by atoms with Gasteiger partial charge in [0, 0.05) is 42.7 Å². The maximum absolute atomic E-state index is 12.7. The largest absolute Gasteiger partial charge is 0.385 e. The molecule has 0 radical (unpaired) electrons. The number of piperidine rings is 1. The van der Waals surface area contributed by atoms with Gasteiger partial charge in [-0.2, -0.15) is 0 Å². The second kappa shape index (κ2) is 7.39. The predicted octanol–water partition coefficient (Wildman–Crippen LogP) is 1.66. The lowest BCUT2D eigenvalue weighted by Gasteiger charge is -2.29. The fourth-order valence-corrected chi connectivity index (χ4v) is 3.33. The number of terminal acetylenes is 1. The number of carbonyl (C=O) groups excluding carboxylic acids is 3. The normalized spacial score (nSPS) is 19.4. The molecule has 2 aliphatic rings. The van der Waals surface area contributed by atoms with E-state index in [0.29, 0.717) is 18.5 Å². The summed E-state index contributed by atoms with van der Waals surface area (Å²) in [7, 11) is 0. The van der Waals surface area contributed by atoms with Gasteiger partial charge in [-0.15, -0.1) is 12.3 Å². The molecule has 0 bridgehead atoms. The van der Waals surface area contributed by atoms with Crippen molar-refractivity contribution in [3.8, 4) is 12.3 Å². The maximum Gasteiger partial charge on any atom is 0.255 e. The second-order valence-electron chi connectivity index (χ2n) is 6.32. The minimum Gasteiger partial charge on any atom is -0.385 e. The van der Waals surface area contributed by atoms with E-state index in [4.69, 9.17) is 6.42 Å². The fraction of sp³-hybridized carbons (Fsp3) is 0.421. The third-order valence-electron chi connectivity index (χ3n) is 4.65. The molecule has 0 saturated carbocycles. The lowest BCUT2D eigenvalue weighted by Crippen LogP contribution is -2.52. The molecule has 1 fully saturated rings. The average Bonchev–Trinajstić information content (AvgIpc) is 2.92. The van der Waals surface area contributed by atoms with Gasteiger partial charge in [0.05, 0.1) is 0 Å². The molecule has 0 aliphatic carbocycles. The maximum atomic E-state index is 12.7. The monoisotopic (exact) mass is 339 g/mol. The molecular weight excluding hydrogens is 318 g/mol. The van der Waals surface area contributed by atoms with Crippen LogP contribution in [0.3, 0.4) is 0 Å². The molecule has 1 aromatic rings. The number of imide groups is 1. The van der Waals surface area contributed by atoms with Crippen LogP contribution in [-0.4, -0.2) is 35.2 Å². The van der Waals surface area contributed by atoms with E-state index in [0.717, 1.165) is 37.1 Å². The molecule has 1 saturated heterocycles. The van der Waals surface area contributed by atoms with Crippen LogP contribution in [0.4, 0.5) is 5.69 Å². The molecule has 3 amide bonds. The van der Waals surface area contributed by atoms with E-state index in [-0.39, 0.29) is 24.1 Å². The topological polar surface area (TPSA) is 78.5 Å². The highest BCUT2D eigenvalue weighted by molar-refractivity contribution is 6.06. The van der Waals surface area contributed by atoms with Gasteiger partial charge in [-0.1, -0.05) is 6.07 Å². The summed E-state index contributed by atoms with van der Waals surface area (Å²) >= 11 is 0. The van der Waals surface area contributed by atoms with E-state index >= 15 is 0 Å². The number of unbranched alkanes of at least 4 members (excludes halogenated alkanes) is 2. The molecule has 2 heterocycles. The van der Waals surface area contributed by atoms with E-state index in [1.165, 1.54) is 0 Å². The Balaban J connectivity index is 1.70. The minimum absolute atomic E-state index is 0.152. The van der Waals surface area contributed by atoms with Crippen LogP contribution in [0.25, 0.3) is 0 Å². The van der Waals surface area contributed by atoms with Crippen LogP contribution in [-0.2, 0) is 16.1 Å². The first-order valence-electron chi connectivity index (χ1n) is 8.55. The summed E-state index contributed by atoms with van der Waals surface area (Å²) in [6, 6.07) is 4.99. The SMILES string of the molecule is C#CCCCCNc1cccc2c1CN(C1CCC(=O)NC1=O)C2=O. The Kier molecular flexibility index (Phi) is 5.03. The smallest absolute Gasteiger partial charge is 0.255 e. The van der Waals surface area contributed by atoms with Gasteiger partial charge in [-0.25, -0.2) is 0 Å². The first-order valence-corrected chi connectivity index (χ1v) is 8.55. The molecule has 6 nitrogen and oxygen atoms in total. The number of nitrogens with zero attached hydrogens (tertiary/aromatic N) is 1. The number of carbonyl (C=O) groups is 3. The third-order valence-corrected chi connectivity index (χ3v) is 4.65. The number of benzene rings is 1. The summed E-state index contributed by atoms with van der Waals surface area (Å²) in [5.74, 6) is 1.80. The standard InChI is InChI=1S/C19H21N3O3/c1-2-3-4-5-11-20-15-8-6-7-13-14(15)12-22(19(13)25)16-9-10-17(23)21-18(16)24/h1,6-8,16,20H,3-5,9-12H2,(H,21,23,24). The molecule has 3 rings (SSSR count). The molecule has 6 heteroatoms. The van der Waals surface area contributed by atoms with Crippen molar-refractivity contribution < 1.29 is 14.4 Å². The summed E-state index contributed by atoms with van der Waals surface area (Å²) in [4.78, 5) is 37.7. The number of hydrogen-bond acceptors (Lipinski definition) is 4. The number of fused-ring (bicyclic) bond motifs is 1. The van der Waals surface area contributed by atoms with Gasteiger partial charge in [0.2, 0.25) is 11.8 Å². The molecular formula is C19H21N3O3. The van der Waals surface area contributed by atoms with Gasteiger partial charge in [0.1, 0.15) is 6.04 Å². The molecule has 0 spiro atoms. The summed E-state index contributed by atoms with van der Waals surface area (Å²) in [6.45, 7) is 1.17. The number of anilines is 1. The first-order chi connectivity index (χ1) is 12.1. The first kappa shape index (κ1) is 17.0. The van der Waals surface area contributed by atoms with E-state index in [9.17, 15) is 14.4 Å². The van der Waals surface area contributed by atoms with Gasteiger partial charge >= 0.3 is 0 Å².